The van der Waals surface area contributed by atoms with E-state index in [0.29, 0.717) is 18.8 Å². The smallest absolute Gasteiger partial charge is 0.169 e. The Morgan fingerprint density at radius 2 is 2.22 bits per heavy atom. The van der Waals surface area contributed by atoms with Crippen LogP contribution in [0.15, 0.2) is 36.5 Å². The first-order valence-corrected chi connectivity index (χ1v) is 5.98. The normalized spacial score (nSPS) is 23.4. The highest BCUT2D eigenvalue weighted by atomic mass is 16.5. The summed E-state index contributed by atoms with van der Waals surface area (Å²) in [5.41, 5.74) is 7.44. The maximum Gasteiger partial charge on any atom is 0.169 e. The molecule has 0 spiro atoms. The summed E-state index contributed by atoms with van der Waals surface area (Å²) >= 11 is 0. The summed E-state index contributed by atoms with van der Waals surface area (Å²) in [6, 6.07) is 9.16. The number of carbonyl (C=O) groups excluding carboxylic acids is 1. The van der Waals surface area contributed by atoms with Gasteiger partial charge in [0.25, 0.3) is 0 Å². The van der Waals surface area contributed by atoms with Gasteiger partial charge in [0.1, 0.15) is 0 Å². The van der Waals surface area contributed by atoms with Gasteiger partial charge in [-0.2, -0.15) is 0 Å². The molecule has 1 aliphatic heterocycles. The quantitative estimate of drug-likeness (QED) is 0.808. The molecule has 4 nitrogen and oxygen atoms in total. The lowest BCUT2D eigenvalue weighted by Gasteiger charge is -2.12. The van der Waals surface area contributed by atoms with E-state index in [1.807, 2.05) is 30.3 Å². The molecule has 0 radical (unpaired) electrons. The lowest BCUT2D eigenvalue weighted by atomic mass is 9.93. The van der Waals surface area contributed by atoms with Gasteiger partial charge in [0.2, 0.25) is 0 Å². The van der Waals surface area contributed by atoms with Gasteiger partial charge in [0.05, 0.1) is 24.6 Å². The van der Waals surface area contributed by atoms with Gasteiger partial charge >= 0.3 is 0 Å². The lowest BCUT2D eigenvalue weighted by Crippen LogP contribution is -2.34. The number of benzene rings is 1. The summed E-state index contributed by atoms with van der Waals surface area (Å²) in [7, 11) is 0. The van der Waals surface area contributed by atoms with E-state index in [1.165, 1.54) is 0 Å². The molecule has 2 atom stereocenters. The SMILES string of the molecule is NC1COCC1C(=O)c1ccc2ncccc2c1. The molecule has 2 N–H and O–H groups in total. The first-order valence-electron chi connectivity index (χ1n) is 5.98. The van der Waals surface area contributed by atoms with Crippen LogP contribution in [0.25, 0.3) is 10.9 Å². The van der Waals surface area contributed by atoms with Crippen LogP contribution >= 0.6 is 0 Å². The van der Waals surface area contributed by atoms with Crippen LogP contribution < -0.4 is 5.73 Å². The van der Waals surface area contributed by atoms with E-state index in [-0.39, 0.29) is 17.7 Å². The average molecular weight is 242 g/mol. The summed E-state index contributed by atoms with van der Waals surface area (Å²) in [5.74, 6) is -0.162. The number of pyridine rings is 1. The Kier molecular flexibility index (Phi) is 2.81. The number of hydrogen-bond donors (Lipinski definition) is 1. The Morgan fingerprint density at radius 3 is 3.00 bits per heavy atom. The van der Waals surface area contributed by atoms with Crippen molar-refractivity contribution in [3.8, 4) is 0 Å². The Balaban J connectivity index is 1.96. The molecule has 2 aromatic rings. The summed E-state index contributed by atoms with van der Waals surface area (Å²) in [4.78, 5) is 16.6. The van der Waals surface area contributed by atoms with Crippen LogP contribution in [0, 0.1) is 5.92 Å². The minimum atomic E-state index is -0.223. The number of aromatic nitrogens is 1. The molecular formula is C14H14N2O2. The van der Waals surface area contributed by atoms with Gasteiger partial charge in [-0.1, -0.05) is 6.07 Å². The van der Waals surface area contributed by atoms with Gasteiger partial charge in [-0.3, -0.25) is 9.78 Å². The van der Waals surface area contributed by atoms with Crippen molar-refractivity contribution in [3.63, 3.8) is 0 Å². The van der Waals surface area contributed by atoms with Crippen molar-refractivity contribution in [2.45, 2.75) is 6.04 Å². The Bertz CT molecular complexity index is 597. The largest absolute Gasteiger partial charge is 0.379 e. The van der Waals surface area contributed by atoms with Crippen LogP contribution in [0.4, 0.5) is 0 Å². The predicted octanol–water partition coefficient (Wildman–Crippen LogP) is 1.39. The van der Waals surface area contributed by atoms with Gasteiger partial charge in [0.15, 0.2) is 5.78 Å². The molecular weight excluding hydrogens is 228 g/mol. The van der Waals surface area contributed by atoms with E-state index in [9.17, 15) is 4.79 Å². The van der Waals surface area contributed by atoms with Crippen molar-refractivity contribution in [2.24, 2.45) is 11.7 Å². The molecule has 1 aliphatic rings. The van der Waals surface area contributed by atoms with Crippen molar-refractivity contribution in [2.75, 3.05) is 13.2 Å². The lowest BCUT2D eigenvalue weighted by molar-refractivity contribution is 0.0896. The molecule has 1 fully saturated rings. The second-order valence-corrected chi connectivity index (χ2v) is 4.58. The topological polar surface area (TPSA) is 65.2 Å². The summed E-state index contributed by atoms with van der Waals surface area (Å²) < 4.78 is 5.24. The Morgan fingerprint density at radius 1 is 1.33 bits per heavy atom. The maximum atomic E-state index is 12.3. The fraction of sp³-hybridized carbons (Fsp3) is 0.286. The number of nitrogens with two attached hydrogens (primary N) is 1. The fourth-order valence-corrected chi connectivity index (χ4v) is 2.28. The van der Waals surface area contributed by atoms with Crippen molar-refractivity contribution >= 4 is 16.7 Å². The summed E-state index contributed by atoms with van der Waals surface area (Å²) in [6.07, 6.45) is 1.74. The molecule has 0 saturated carbocycles. The van der Waals surface area contributed by atoms with Crippen molar-refractivity contribution in [1.82, 2.24) is 4.98 Å². The molecule has 1 aromatic heterocycles. The summed E-state index contributed by atoms with van der Waals surface area (Å²) in [6.45, 7) is 0.886. The summed E-state index contributed by atoms with van der Waals surface area (Å²) in [5, 5.41) is 0.968. The van der Waals surface area contributed by atoms with E-state index in [1.54, 1.807) is 6.20 Å². The first kappa shape index (κ1) is 11.3. The van der Waals surface area contributed by atoms with E-state index in [2.05, 4.69) is 4.98 Å². The molecule has 2 unspecified atom stereocenters. The monoisotopic (exact) mass is 242 g/mol. The molecule has 1 saturated heterocycles. The molecule has 3 rings (SSSR count). The average Bonchev–Trinajstić information content (AvgIpc) is 2.83. The number of ether oxygens (including phenoxy) is 1. The van der Waals surface area contributed by atoms with Crippen LogP contribution in [0.5, 0.6) is 0 Å². The van der Waals surface area contributed by atoms with E-state index in [0.717, 1.165) is 10.9 Å². The minimum absolute atomic E-state index is 0.0609. The van der Waals surface area contributed by atoms with Crippen molar-refractivity contribution in [3.05, 3.63) is 42.1 Å². The molecule has 4 heteroatoms. The molecule has 18 heavy (non-hydrogen) atoms. The zero-order valence-corrected chi connectivity index (χ0v) is 9.87. The molecule has 0 amide bonds. The second-order valence-electron chi connectivity index (χ2n) is 4.58. The zero-order valence-electron chi connectivity index (χ0n) is 9.87. The highest BCUT2D eigenvalue weighted by Gasteiger charge is 2.31. The predicted molar refractivity (Wildman–Crippen MR) is 68.4 cm³/mol. The van der Waals surface area contributed by atoms with Crippen LogP contribution in [-0.2, 0) is 4.74 Å². The van der Waals surface area contributed by atoms with Gasteiger partial charge in [-0.25, -0.2) is 0 Å². The first-order chi connectivity index (χ1) is 8.75. The third-order valence-corrected chi connectivity index (χ3v) is 3.35. The highest BCUT2D eigenvalue weighted by molar-refractivity contribution is 6.01. The van der Waals surface area contributed by atoms with Gasteiger partial charge in [0, 0.05) is 23.2 Å². The van der Waals surface area contributed by atoms with Gasteiger partial charge < -0.3 is 10.5 Å². The van der Waals surface area contributed by atoms with Crippen LogP contribution in [-0.4, -0.2) is 30.0 Å². The number of carbonyl (C=O) groups is 1. The molecule has 92 valence electrons. The zero-order chi connectivity index (χ0) is 12.5. The highest BCUT2D eigenvalue weighted by Crippen LogP contribution is 2.20. The number of nitrogens with zero attached hydrogens (tertiary/aromatic N) is 1. The standard InChI is InChI=1S/C14H14N2O2/c15-12-8-18-7-11(12)14(17)10-3-4-13-9(6-10)2-1-5-16-13/h1-6,11-12H,7-8,15H2. The minimum Gasteiger partial charge on any atom is -0.379 e. The van der Waals surface area contributed by atoms with Gasteiger partial charge in [-0.05, 0) is 24.3 Å². The van der Waals surface area contributed by atoms with Crippen LogP contribution in [0.1, 0.15) is 10.4 Å². The number of rotatable bonds is 2. The molecule has 0 aliphatic carbocycles. The molecule has 0 bridgehead atoms. The fourth-order valence-electron chi connectivity index (χ4n) is 2.28. The maximum absolute atomic E-state index is 12.3. The van der Waals surface area contributed by atoms with Crippen molar-refractivity contribution < 1.29 is 9.53 Å². The Hall–Kier alpha value is -1.78. The molecule has 1 aromatic carbocycles. The Labute approximate surface area is 105 Å². The molecule has 2 heterocycles. The second kappa shape index (κ2) is 4.48. The number of hydrogen-bond acceptors (Lipinski definition) is 4. The van der Waals surface area contributed by atoms with Crippen LogP contribution in [0.3, 0.4) is 0 Å². The van der Waals surface area contributed by atoms with Crippen LogP contribution in [0.2, 0.25) is 0 Å². The number of fused-ring (bicyclic) bond motifs is 1. The van der Waals surface area contributed by atoms with Gasteiger partial charge in [-0.15, -0.1) is 0 Å². The van der Waals surface area contributed by atoms with Crippen molar-refractivity contribution in [1.29, 1.82) is 0 Å². The van der Waals surface area contributed by atoms with E-state index >= 15 is 0 Å². The third-order valence-electron chi connectivity index (χ3n) is 3.35. The number of ketones is 1. The third kappa shape index (κ3) is 1.89. The van der Waals surface area contributed by atoms with E-state index in [4.69, 9.17) is 10.5 Å². The number of Topliss-reactive ketones (excluding diaryl/α,β-unsaturated/α-hetero) is 1. The van der Waals surface area contributed by atoms with E-state index < -0.39 is 0 Å².